The Balaban J connectivity index is 2.08. The Labute approximate surface area is 231 Å². The van der Waals surface area contributed by atoms with Crippen LogP contribution in [0.2, 0.25) is 0 Å². The van der Waals surface area contributed by atoms with Gasteiger partial charge in [-0.2, -0.15) is 5.26 Å². The zero-order valence-corrected chi connectivity index (χ0v) is 25.9. The summed E-state index contributed by atoms with van der Waals surface area (Å²) in [6, 6.07) is 2.17. The highest BCUT2D eigenvalue weighted by Crippen LogP contribution is 2.67. The van der Waals surface area contributed by atoms with Crippen LogP contribution in [-0.4, -0.2) is 17.3 Å². The normalized spacial score (nSPS) is 37.7. The highest BCUT2D eigenvalue weighted by atomic mass is 16.1. The maximum atomic E-state index is 13.2. The number of hydrogen-bond donors (Lipinski definition) is 0. The Morgan fingerprint density at radius 1 is 1.08 bits per heavy atom. The smallest absolute Gasteiger partial charge is 0.178 e. The van der Waals surface area contributed by atoms with Crippen molar-refractivity contribution >= 4 is 17.3 Å². The first kappa shape index (κ1) is 30.5. The number of nitrogens with zero attached hydrogens (tertiary/aromatic N) is 1. The van der Waals surface area contributed by atoms with Gasteiger partial charge < -0.3 is 0 Å². The Morgan fingerprint density at radius 2 is 1.68 bits per heavy atom. The van der Waals surface area contributed by atoms with Crippen LogP contribution >= 0.6 is 0 Å². The molecule has 0 radical (unpaired) electrons. The van der Waals surface area contributed by atoms with Crippen molar-refractivity contribution in [2.45, 2.75) is 121 Å². The SMILES string of the molecule is CC(=O)/C=C1/[C@@]2(C)C=C(C#N)C(=O)C(C)(C)[C@@H]2CC[C@@]1(C)C(C)(C)CC[C@@]1(C(C)=O)CCC(C)(C)CC1C. The number of allylic oxidation sites excluding steroid dienone is 4. The number of nitriles is 1. The molecule has 2 fully saturated rings. The average molecular weight is 522 g/mol. The Morgan fingerprint density at radius 3 is 2.18 bits per heavy atom. The molecule has 0 aliphatic heterocycles. The lowest BCUT2D eigenvalue weighted by Gasteiger charge is -2.61. The third-order valence-electron chi connectivity index (χ3n) is 11.9. The molecule has 0 aromatic heterocycles. The first-order chi connectivity index (χ1) is 17.2. The predicted molar refractivity (Wildman–Crippen MR) is 153 cm³/mol. The number of rotatable bonds is 6. The fourth-order valence-corrected chi connectivity index (χ4v) is 8.93. The summed E-state index contributed by atoms with van der Waals surface area (Å²) in [5.41, 5.74) is -0.572. The molecule has 0 spiro atoms. The zero-order chi connectivity index (χ0) is 29.1. The number of hydrogen-bond acceptors (Lipinski definition) is 4. The van der Waals surface area contributed by atoms with Crippen LogP contribution in [0.3, 0.4) is 0 Å². The molecule has 5 atom stereocenters. The van der Waals surface area contributed by atoms with Gasteiger partial charge in [0.1, 0.15) is 11.9 Å². The fraction of sp³-hybridized carbons (Fsp3) is 0.765. The second-order valence-electron chi connectivity index (χ2n) is 15.5. The summed E-state index contributed by atoms with van der Waals surface area (Å²) in [5.74, 6) is 0.557. The molecule has 0 amide bonds. The van der Waals surface area contributed by atoms with E-state index >= 15 is 0 Å². The minimum Gasteiger partial charge on any atom is -0.299 e. The first-order valence-electron chi connectivity index (χ1n) is 14.6. The van der Waals surface area contributed by atoms with Crippen molar-refractivity contribution in [1.29, 1.82) is 5.26 Å². The minimum atomic E-state index is -0.682. The summed E-state index contributed by atoms with van der Waals surface area (Å²) < 4.78 is 0. The Kier molecular flexibility index (Phi) is 7.68. The molecule has 1 unspecified atom stereocenters. The van der Waals surface area contributed by atoms with E-state index in [0.717, 1.165) is 50.5 Å². The molecule has 2 saturated carbocycles. The average Bonchev–Trinajstić information content (AvgIpc) is 2.77. The van der Waals surface area contributed by atoms with Crippen molar-refractivity contribution in [2.75, 3.05) is 0 Å². The molecule has 0 bridgehead atoms. The summed E-state index contributed by atoms with van der Waals surface area (Å²) in [4.78, 5) is 39.1. The van der Waals surface area contributed by atoms with E-state index in [-0.39, 0.29) is 44.7 Å². The monoisotopic (exact) mass is 521 g/mol. The van der Waals surface area contributed by atoms with Crippen molar-refractivity contribution in [3.05, 3.63) is 23.3 Å². The van der Waals surface area contributed by atoms with Gasteiger partial charge in [0.2, 0.25) is 0 Å². The van der Waals surface area contributed by atoms with Gasteiger partial charge in [-0.3, -0.25) is 14.4 Å². The van der Waals surface area contributed by atoms with Gasteiger partial charge in [0.25, 0.3) is 0 Å². The molecule has 3 aliphatic carbocycles. The molecule has 210 valence electrons. The van der Waals surface area contributed by atoms with E-state index in [9.17, 15) is 19.6 Å². The molecule has 0 N–H and O–H groups in total. The van der Waals surface area contributed by atoms with Gasteiger partial charge in [-0.25, -0.2) is 0 Å². The van der Waals surface area contributed by atoms with Crippen LogP contribution in [0.15, 0.2) is 23.3 Å². The summed E-state index contributed by atoms with van der Waals surface area (Å²) in [6.45, 7) is 23.2. The second-order valence-corrected chi connectivity index (χ2v) is 15.5. The number of ketones is 3. The highest BCUT2D eigenvalue weighted by Gasteiger charge is 2.61. The van der Waals surface area contributed by atoms with Crippen molar-refractivity contribution in [3.8, 4) is 6.07 Å². The largest absolute Gasteiger partial charge is 0.299 e. The molecular formula is C34H51NO3. The molecule has 0 heterocycles. The fourth-order valence-electron chi connectivity index (χ4n) is 8.93. The summed E-state index contributed by atoms with van der Waals surface area (Å²) >= 11 is 0. The number of Topliss-reactive ketones (excluding diaryl/α,β-unsaturated/α-hetero) is 2. The quantitative estimate of drug-likeness (QED) is 0.330. The second kappa shape index (κ2) is 9.57. The molecule has 38 heavy (non-hydrogen) atoms. The number of fused-ring (bicyclic) bond motifs is 1. The lowest BCUT2D eigenvalue weighted by atomic mass is 9.42. The van der Waals surface area contributed by atoms with Crippen LogP contribution < -0.4 is 0 Å². The number of carbonyl (C=O) groups is 3. The Hall–Kier alpha value is -2.02. The standard InChI is InChI=1S/C34H51NO3/c1-22-19-29(4,5)14-16-34(22,24(3)37)17-15-30(6,7)33(11)13-12-26-31(8,9)28(38)25(21-35)20-32(26,10)27(33)18-23(2)36/h18,20,22,26H,12-17,19H2,1-11H3/b27-18-/t22?,26-,32-,33+,34-/m0/s1. The summed E-state index contributed by atoms with van der Waals surface area (Å²) in [6.07, 6.45) is 10.2. The summed E-state index contributed by atoms with van der Waals surface area (Å²) in [5, 5.41) is 9.87. The first-order valence-corrected chi connectivity index (χ1v) is 14.6. The van der Waals surface area contributed by atoms with Gasteiger partial charge in [0, 0.05) is 16.2 Å². The van der Waals surface area contributed by atoms with Crippen LogP contribution in [0, 0.1) is 55.7 Å². The lowest BCUT2D eigenvalue weighted by Crippen LogP contribution is -2.56. The topological polar surface area (TPSA) is 75.0 Å². The van der Waals surface area contributed by atoms with Gasteiger partial charge >= 0.3 is 0 Å². The molecule has 0 aromatic rings. The maximum Gasteiger partial charge on any atom is 0.178 e. The van der Waals surface area contributed by atoms with Crippen LogP contribution in [0.1, 0.15) is 121 Å². The molecule has 0 aromatic carbocycles. The number of carbonyl (C=O) groups excluding carboxylic acids is 3. The van der Waals surface area contributed by atoms with Gasteiger partial charge in [-0.15, -0.1) is 0 Å². The van der Waals surface area contributed by atoms with E-state index in [0.29, 0.717) is 11.7 Å². The van der Waals surface area contributed by atoms with Gasteiger partial charge in [0.15, 0.2) is 11.6 Å². The van der Waals surface area contributed by atoms with Crippen molar-refractivity contribution in [2.24, 2.45) is 44.3 Å². The maximum absolute atomic E-state index is 13.2. The van der Waals surface area contributed by atoms with Gasteiger partial charge in [0.05, 0.1) is 5.57 Å². The van der Waals surface area contributed by atoms with Crippen LogP contribution in [-0.2, 0) is 14.4 Å². The lowest BCUT2D eigenvalue weighted by molar-refractivity contribution is -0.135. The van der Waals surface area contributed by atoms with Gasteiger partial charge in [-0.1, -0.05) is 74.0 Å². The molecule has 3 aliphatic rings. The molecule has 0 saturated heterocycles. The zero-order valence-electron chi connectivity index (χ0n) is 25.9. The van der Waals surface area contributed by atoms with E-state index in [2.05, 4.69) is 54.5 Å². The van der Waals surface area contributed by atoms with Crippen molar-refractivity contribution in [3.63, 3.8) is 0 Å². The Bertz CT molecular complexity index is 1130. The van der Waals surface area contributed by atoms with Crippen molar-refractivity contribution in [1.82, 2.24) is 0 Å². The van der Waals surface area contributed by atoms with E-state index in [4.69, 9.17) is 0 Å². The molecular weight excluding hydrogens is 470 g/mol. The summed E-state index contributed by atoms with van der Waals surface area (Å²) in [7, 11) is 0. The third kappa shape index (κ3) is 4.67. The molecule has 3 rings (SSSR count). The van der Waals surface area contributed by atoms with Crippen LogP contribution in [0.5, 0.6) is 0 Å². The van der Waals surface area contributed by atoms with E-state index in [1.54, 1.807) is 19.9 Å². The van der Waals surface area contributed by atoms with Gasteiger partial charge in [-0.05, 0) is 93.0 Å². The third-order valence-corrected chi connectivity index (χ3v) is 11.9. The van der Waals surface area contributed by atoms with E-state index in [1.807, 2.05) is 19.9 Å². The van der Waals surface area contributed by atoms with Crippen molar-refractivity contribution < 1.29 is 14.4 Å². The van der Waals surface area contributed by atoms with Crippen LogP contribution in [0.4, 0.5) is 0 Å². The predicted octanol–water partition coefficient (Wildman–Crippen LogP) is 8.21. The highest BCUT2D eigenvalue weighted by molar-refractivity contribution is 6.04. The minimum absolute atomic E-state index is 0.00569. The van der Waals surface area contributed by atoms with E-state index < -0.39 is 10.8 Å². The molecule has 4 heteroatoms. The molecule has 4 nitrogen and oxygen atoms in total. The van der Waals surface area contributed by atoms with E-state index in [1.165, 1.54) is 0 Å². The van der Waals surface area contributed by atoms with Crippen LogP contribution in [0.25, 0.3) is 0 Å².